The zero-order chi connectivity index (χ0) is 15.6. The first-order valence-electron chi connectivity index (χ1n) is 8.38. The zero-order valence-electron chi connectivity index (χ0n) is 13.7. The third kappa shape index (κ3) is 3.18. The highest BCUT2D eigenvalue weighted by molar-refractivity contribution is 5.91. The number of rotatable bonds is 5. The highest BCUT2D eigenvalue weighted by Gasteiger charge is 2.51. The maximum Gasteiger partial charge on any atom is 0.230 e. The average molecular weight is 301 g/mol. The monoisotopic (exact) mass is 301 g/mol. The molecule has 22 heavy (non-hydrogen) atoms. The molecule has 120 valence electrons. The van der Waals surface area contributed by atoms with Crippen LogP contribution in [-0.2, 0) is 10.2 Å². The van der Waals surface area contributed by atoms with Crippen LogP contribution in [0.1, 0.15) is 25.3 Å². The lowest BCUT2D eigenvalue weighted by Gasteiger charge is -2.36. The Morgan fingerprint density at radius 3 is 2.41 bits per heavy atom. The second-order valence-corrected chi connectivity index (χ2v) is 6.85. The second-order valence-electron chi connectivity index (χ2n) is 6.85. The number of likely N-dealkylation sites (N-methyl/N-ethyl adjacent to an activating group) is 1. The molecule has 1 saturated heterocycles. The molecule has 2 aliphatic rings. The van der Waals surface area contributed by atoms with E-state index in [1.165, 1.54) is 5.56 Å². The lowest BCUT2D eigenvalue weighted by Crippen LogP contribution is -2.52. The number of amides is 1. The van der Waals surface area contributed by atoms with Crippen LogP contribution >= 0.6 is 0 Å². The van der Waals surface area contributed by atoms with Crippen molar-refractivity contribution in [2.75, 3.05) is 39.8 Å². The summed E-state index contributed by atoms with van der Waals surface area (Å²) in [4.78, 5) is 17.5. The van der Waals surface area contributed by atoms with Crippen molar-refractivity contribution in [2.45, 2.75) is 31.2 Å². The van der Waals surface area contributed by atoms with E-state index in [9.17, 15) is 4.79 Å². The number of hydrogen-bond acceptors (Lipinski definition) is 3. The third-order valence-electron chi connectivity index (χ3n) is 5.23. The molecule has 4 heteroatoms. The smallest absolute Gasteiger partial charge is 0.230 e. The van der Waals surface area contributed by atoms with E-state index in [2.05, 4.69) is 41.2 Å². The van der Waals surface area contributed by atoms with Gasteiger partial charge in [0.05, 0.1) is 5.41 Å². The fourth-order valence-corrected chi connectivity index (χ4v) is 3.33. The van der Waals surface area contributed by atoms with Gasteiger partial charge < -0.3 is 10.2 Å². The van der Waals surface area contributed by atoms with Crippen LogP contribution in [0.3, 0.4) is 0 Å². The highest BCUT2D eigenvalue weighted by Crippen LogP contribution is 2.48. The summed E-state index contributed by atoms with van der Waals surface area (Å²) >= 11 is 0. The Bertz CT molecular complexity index is 504. The Kier molecular flexibility index (Phi) is 4.50. The van der Waals surface area contributed by atoms with E-state index >= 15 is 0 Å². The van der Waals surface area contributed by atoms with Crippen LogP contribution in [-0.4, -0.2) is 61.5 Å². The molecule has 0 bridgehead atoms. The van der Waals surface area contributed by atoms with E-state index in [0.29, 0.717) is 6.04 Å². The summed E-state index contributed by atoms with van der Waals surface area (Å²) in [6, 6.07) is 10.6. The maximum absolute atomic E-state index is 12.6. The Hall–Kier alpha value is -1.39. The Labute approximate surface area is 133 Å². The first-order chi connectivity index (χ1) is 10.6. The van der Waals surface area contributed by atoms with Crippen molar-refractivity contribution in [3.8, 4) is 0 Å². The molecule has 1 heterocycles. The number of hydrogen-bond donors (Lipinski definition) is 1. The van der Waals surface area contributed by atoms with E-state index in [-0.39, 0.29) is 11.3 Å². The molecule has 0 aromatic heterocycles. The molecule has 1 aromatic rings. The van der Waals surface area contributed by atoms with Crippen molar-refractivity contribution in [1.82, 2.24) is 15.1 Å². The van der Waals surface area contributed by atoms with Gasteiger partial charge in [0.2, 0.25) is 5.91 Å². The van der Waals surface area contributed by atoms with Gasteiger partial charge in [-0.05, 0) is 32.4 Å². The van der Waals surface area contributed by atoms with Crippen molar-refractivity contribution in [3.05, 3.63) is 35.9 Å². The number of carbonyl (C=O) groups excluding carboxylic acids is 1. The summed E-state index contributed by atoms with van der Waals surface area (Å²) in [5.41, 5.74) is 0.920. The minimum atomic E-state index is -0.247. The third-order valence-corrected chi connectivity index (χ3v) is 5.23. The molecular weight excluding hydrogens is 274 g/mol. The summed E-state index contributed by atoms with van der Waals surface area (Å²) < 4.78 is 0. The fraction of sp³-hybridized carbons (Fsp3) is 0.611. The minimum Gasteiger partial charge on any atom is -0.354 e. The lowest BCUT2D eigenvalue weighted by molar-refractivity contribution is -0.123. The van der Waals surface area contributed by atoms with Crippen LogP contribution in [0.4, 0.5) is 0 Å². The second kappa shape index (κ2) is 6.39. The minimum absolute atomic E-state index is 0.208. The van der Waals surface area contributed by atoms with Gasteiger partial charge in [0.25, 0.3) is 0 Å². The van der Waals surface area contributed by atoms with Gasteiger partial charge in [-0.1, -0.05) is 30.3 Å². The molecule has 4 nitrogen and oxygen atoms in total. The molecule has 1 aliphatic carbocycles. The largest absolute Gasteiger partial charge is 0.354 e. The average Bonchev–Trinajstić information content (AvgIpc) is 3.36. The fourth-order valence-electron chi connectivity index (χ4n) is 3.33. The summed E-state index contributed by atoms with van der Waals surface area (Å²) in [5.74, 6) is 0.208. The number of benzene rings is 1. The summed E-state index contributed by atoms with van der Waals surface area (Å²) in [6.07, 6.45) is 1.96. The lowest BCUT2D eigenvalue weighted by atomic mass is 9.95. The molecule has 1 saturated carbocycles. The highest BCUT2D eigenvalue weighted by atomic mass is 16.2. The van der Waals surface area contributed by atoms with Gasteiger partial charge >= 0.3 is 0 Å². The number of nitrogens with zero attached hydrogens (tertiary/aromatic N) is 2. The van der Waals surface area contributed by atoms with Crippen molar-refractivity contribution in [2.24, 2.45) is 0 Å². The molecule has 0 radical (unpaired) electrons. The summed E-state index contributed by atoms with van der Waals surface area (Å²) in [7, 11) is 2.17. The van der Waals surface area contributed by atoms with Crippen LogP contribution in [0, 0.1) is 0 Å². The van der Waals surface area contributed by atoms with Crippen LogP contribution < -0.4 is 5.32 Å². The number of nitrogens with one attached hydrogen (secondary N) is 1. The first-order valence-corrected chi connectivity index (χ1v) is 8.38. The Morgan fingerprint density at radius 1 is 1.18 bits per heavy atom. The molecule has 1 aliphatic heterocycles. The molecular formula is C18H27N3O. The molecule has 1 aromatic carbocycles. The Morgan fingerprint density at radius 2 is 1.82 bits per heavy atom. The molecule has 3 rings (SSSR count). The van der Waals surface area contributed by atoms with Crippen molar-refractivity contribution >= 4 is 5.91 Å². The molecule has 1 amide bonds. The van der Waals surface area contributed by atoms with Crippen LogP contribution in [0.2, 0.25) is 0 Å². The van der Waals surface area contributed by atoms with Crippen molar-refractivity contribution < 1.29 is 4.79 Å². The van der Waals surface area contributed by atoms with Gasteiger partial charge in [-0.25, -0.2) is 0 Å². The predicted molar refractivity (Wildman–Crippen MR) is 88.9 cm³/mol. The van der Waals surface area contributed by atoms with Gasteiger partial charge in [0.1, 0.15) is 0 Å². The molecule has 1 atom stereocenters. The van der Waals surface area contributed by atoms with Crippen molar-refractivity contribution in [1.29, 1.82) is 0 Å². The van der Waals surface area contributed by atoms with Gasteiger partial charge in [0.15, 0.2) is 0 Å². The topological polar surface area (TPSA) is 35.6 Å². The van der Waals surface area contributed by atoms with Gasteiger partial charge in [-0.3, -0.25) is 9.69 Å². The van der Waals surface area contributed by atoms with Crippen LogP contribution in [0.25, 0.3) is 0 Å². The molecule has 0 spiro atoms. The quantitative estimate of drug-likeness (QED) is 0.894. The maximum atomic E-state index is 12.6. The van der Waals surface area contributed by atoms with Crippen LogP contribution in [0.5, 0.6) is 0 Å². The van der Waals surface area contributed by atoms with E-state index < -0.39 is 0 Å². The first kappa shape index (κ1) is 15.5. The summed E-state index contributed by atoms with van der Waals surface area (Å²) in [6.45, 7) is 7.39. The Balaban J connectivity index is 1.52. The van der Waals surface area contributed by atoms with Crippen LogP contribution in [0.15, 0.2) is 30.3 Å². The van der Waals surface area contributed by atoms with Gasteiger partial charge in [-0.15, -0.1) is 0 Å². The standard InChI is InChI=1S/C18H27N3O/c1-15(21-12-10-20(2)11-13-21)14-19-17(22)18(8-9-18)16-6-4-3-5-7-16/h3-7,15H,8-14H2,1-2H3,(H,19,22)/t15-/m0/s1. The van der Waals surface area contributed by atoms with Crippen molar-refractivity contribution in [3.63, 3.8) is 0 Å². The number of carbonyl (C=O) groups is 1. The van der Waals surface area contributed by atoms with E-state index in [0.717, 1.165) is 45.6 Å². The molecule has 0 unspecified atom stereocenters. The molecule has 2 fully saturated rings. The predicted octanol–water partition coefficient (Wildman–Crippen LogP) is 1.47. The van der Waals surface area contributed by atoms with E-state index in [1.807, 2.05) is 18.2 Å². The zero-order valence-corrected chi connectivity index (χ0v) is 13.7. The summed E-state index contributed by atoms with van der Waals surface area (Å²) in [5, 5.41) is 3.20. The van der Waals surface area contributed by atoms with E-state index in [1.54, 1.807) is 0 Å². The SMILES string of the molecule is C[C@@H](CNC(=O)C1(c2ccccc2)CC1)N1CCN(C)CC1. The number of piperazine rings is 1. The molecule has 1 N–H and O–H groups in total. The van der Waals surface area contributed by atoms with Gasteiger partial charge in [-0.2, -0.15) is 0 Å². The van der Waals surface area contributed by atoms with Gasteiger partial charge in [0, 0.05) is 38.8 Å². The van der Waals surface area contributed by atoms with E-state index in [4.69, 9.17) is 0 Å². The normalized spacial score (nSPS) is 23.0.